The van der Waals surface area contributed by atoms with E-state index in [1.54, 1.807) is 0 Å². The quantitative estimate of drug-likeness (QED) is 0.693. The maximum Gasteiger partial charge on any atom is 0.407 e. The highest BCUT2D eigenvalue weighted by Crippen LogP contribution is 2.44. The van der Waals surface area contributed by atoms with Crippen molar-refractivity contribution in [3.8, 4) is 11.1 Å². The Bertz CT molecular complexity index is 1010. The van der Waals surface area contributed by atoms with Crippen molar-refractivity contribution >= 4 is 18.0 Å². The first kappa shape index (κ1) is 22.8. The van der Waals surface area contributed by atoms with Gasteiger partial charge in [-0.25, -0.2) is 9.59 Å². The molecule has 2 amide bonds. The molecule has 1 saturated carbocycles. The van der Waals surface area contributed by atoms with Crippen LogP contribution in [0, 0.1) is 5.92 Å². The van der Waals surface area contributed by atoms with E-state index >= 15 is 0 Å². The fourth-order valence-corrected chi connectivity index (χ4v) is 5.01. The molecular weight excluding hydrogens is 420 g/mol. The second-order valence-corrected chi connectivity index (χ2v) is 8.93. The van der Waals surface area contributed by atoms with Gasteiger partial charge in [0.05, 0.1) is 5.92 Å². The Labute approximate surface area is 193 Å². The summed E-state index contributed by atoms with van der Waals surface area (Å²) < 4.78 is 5.65. The predicted molar refractivity (Wildman–Crippen MR) is 124 cm³/mol. The van der Waals surface area contributed by atoms with Gasteiger partial charge in [-0.3, -0.25) is 4.79 Å². The molecule has 3 atom stereocenters. The van der Waals surface area contributed by atoms with Crippen molar-refractivity contribution in [1.82, 2.24) is 10.2 Å². The third-order valence-electron chi connectivity index (χ3n) is 7.02. The summed E-state index contributed by atoms with van der Waals surface area (Å²) in [6, 6.07) is 15.0. The Hall–Kier alpha value is -3.35. The molecule has 7 heteroatoms. The first-order chi connectivity index (χ1) is 15.9. The molecule has 0 bridgehead atoms. The van der Waals surface area contributed by atoms with Crippen LogP contribution in [0.5, 0.6) is 0 Å². The van der Waals surface area contributed by atoms with Crippen molar-refractivity contribution in [3.63, 3.8) is 0 Å². The Kier molecular flexibility index (Phi) is 6.67. The number of nitrogens with one attached hydrogen (secondary N) is 1. The number of alkyl carbamates (subject to hydrolysis) is 1. The number of carboxylic acid groups (broad SMARTS) is 1. The molecule has 4 rings (SSSR count). The molecule has 0 radical (unpaired) electrons. The van der Waals surface area contributed by atoms with Crippen LogP contribution >= 0.6 is 0 Å². The Balaban J connectivity index is 1.41. The van der Waals surface area contributed by atoms with Gasteiger partial charge in [0.25, 0.3) is 0 Å². The van der Waals surface area contributed by atoms with E-state index < -0.39 is 24.0 Å². The molecule has 7 nitrogen and oxygen atoms in total. The first-order valence-corrected chi connectivity index (χ1v) is 11.5. The molecule has 33 heavy (non-hydrogen) atoms. The Morgan fingerprint density at radius 1 is 1.03 bits per heavy atom. The molecule has 0 heterocycles. The summed E-state index contributed by atoms with van der Waals surface area (Å²) in [4.78, 5) is 38.2. The summed E-state index contributed by atoms with van der Waals surface area (Å²) in [5, 5.41) is 12.1. The highest BCUT2D eigenvalue weighted by Gasteiger charge is 2.37. The minimum atomic E-state index is -1.05. The van der Waals surface area contributed by atoms with Gasteiger partial charge in [0.2, 0.25) is 5.91 Å². The van der Waals surface area contributed by atoms with Crippen LogP contribution < -0.4 is 5.32 Å². The number of nitrogens with zero attached hydrogens (tertiary/aromatic N) is 1. The highest BCUT2D eigenvalue weighted by molar-refractivity contribution is 5.85. The summed E-state index contributed by atoms with van der Waals surface area (Å²) in [6.07, 6.45) is 2.50. The number of aliphatic carboxylic acids is 1. The van der Waals surface area contributed by atoms with E-state index in [9.17, 15) is 19.5 Å². The molecular formula is C26H30N2O5. The summed E-state index contributed by atoms with van der Waals surface area (Å²) in [7, 11) is 1.50. The SMILES string of the molecule is C[C@@H](C(=O)O)N(C)C(=O)C1CCCCC1NC(=O)OCC1c2ccccc2-c2ccccc21. The third kappa shape index (κ3) is 4.58. The number of benzene rings is 2. The molecule has 174 valence electrons. The zero-order valence-corrected chi connectivity index (χ0v) is 19.0. The molecule has 2 aliphatic rings. The van der Waals surface area contributed by atoms with Gasteiger partial charge in [0, 0.05) is 19.0 Å². The van der Waals surface area contributed by atoms with Crippen molar-refractivity contribution in [2.24, 2.45) is 5.92 Å². The van der Waals surface area contributed by atoms with Crippen LogP contribution in [0.3, 0.4) is 0 Å². The fraction of sp³-hybridized carbons (Fsp3) is 0.423. The van der Waals surface area contributed by atoms with Gasteiger partial charge < -0.3 is 20.1 Å². The molecule has 2 aromatic rings. The number of hydrogen-bond acceptors (Lipinski definition) is 4. The first-order valence-electron chi connectivity index (χ1n) is 11.5. The summed E-state index contributed by atoms with van der Waals surface area (Å²) in [5.41, 5.74) is 4.61. The number of carbonyl (C=O) groups is 3. The van der Waals surface area contributed by atoms with Crippen molar-refractivity contribution in [1.29, 1.82) is 0 Å². The minimum Gasteiger partial charge on any atom is -0.480 e. The normalized spacial score (nSPS) is 20.3. The number of rotatable bonds is 6. The monoisotopic (exact) mass is 450 g/mol. The molecule has 2 unspecified atom stereocenters. The van der Waals surface area contributed by atoms with Crippen molar-refractivity contribution in [3.05, 3.63) is 59.7 Å². The molecule has 1 fully saturated rings. The molecule has 0 spiro atoms. The summed E-state index contributed by atoms with van der Waals surface area (Å²) >= 11 is 0. The van der Waals surface area contributed by atoms with Gasteiger partial charge in [-0.2, -0.15) is 0 Å². The number of fused-ring (bicyclic) bond motifs is 3. The van der Waals surface area contributed by atoms with Crippen molar-refractivity contribution in [2.45, 2.75) is 50.6 Å². The van der Waals surface area contributed by atoms with Crippen LogP contribution in [-0.2, 0) is 14.3 Å². The fourth-order valence-electron chi connectivity index (χ4n) is 5.01. The van der Waals surface area contributed by atoms with Gasteiger partial charge in [0.15, 0.2) is 0 Å². The average molecular weight is 451 g/mol. The van der Waals surface area contributed by atoms with Gasteiger partial charge in [-0.15, -0.1) is 0 Å². The van der Waals surface area contributed by atoms with Crippen LogP contribution in [0.4, 0.5) is 4.79 Å². The number of carboxylic acids is 1. The predicted octanol–water partition coefficient (Wildman–Crippen LogP) is 4.02. The second-order valence-electron chi connectivity index (χ2n) is 8.93. The zero-order valence-electron chi connectivity index (χ0n) is 19.0. The molecule has 2 N–H and O–H groups in total. The smallest absolute Gasteiger partial charge is 0.407 e. The van der Waals surface area contributed by atoms with E-state index in [4.69, 9.17) is 4.74 Å². The van der Waals surface area contributed by atoms with E-state index in [0.29, 0.717) is 12.8 Å². The van der Waals surface area contributed by atoms with E-state index in [1.165, 1.54) is 18.9 Å². The van der Waals surface area contributed by atoms with E-state index in [-0.39, 0.29) is 24.5 Å². The minimum absolute atomic E-state index is 0.0329. The number of carbonyl (C=O) groups excluding carboxylic acids is 2. The van der Waals surface area contributed by atoms with Crippen LogP contribution in [0.15, 0.2) is 48.5 Å². The van der Waals surface area contributed by atoms with Crippen LogP contribution in [0.25, 0.3) is 11.1 Å². The van der Waals surface area contributed by atoms with Gasteiger partial charge in [-0.05, 0) is 42.0 Å². The second kappa shape index (κ2) is 9.65. The van der Waals surface area contributed by atoms with E-state index in [2.05, 4.69) is 29.6 Å². The average Bonchev–Trinajstić information content (AvgIpc) is 3.15. The topological polar surface area (TPSA) is 95.9 Å². The van der Waals surface area contributed by atoms with E-state index in [0.717, 1.165) is 35.1 Å². The molecule has 2 aromatic carbocycles. The maximum atomic E-state index is 12.9. The number of ether oxygens (including phenoxy) is 1. The number of amides is 2. The third-order valence-corrected chi connectivity index (χ3v) is 7.02. The lowest BCUT2D eigenvalue weighted by atomic mass is 9.83. The lowest BCUT2D eigenvalue weighted by molar-refractivity contribution is -0.150. The molecule has 2 aliphatic carbocycles. The summed E-state index contributed by atoms with van der Waals surface area (Å²) in [6.45, 7) is 1.69. The molecule has 0 saturated heterocycles. The summed E-state index contributed by atoms with van der Waals surface area (Å²) in [5.74, 6) is -1.79. The molecule has 0 aliphatic heterocycles. The Morgan fingerprint density at radius 3 is 2.21 bits per heavy atom. The maximum absolute atomic E-state index is 12.9. The van der Waals surface area contributed by atoms with Crippen molar-refractivity contribution in [2.75, 3.05) is 13.7 Å². The van der Waals surface area contributed by atoms with Gasteiger partial charge in [-0.1, -0.05) is 61.4 Å². The largest absolute Gasteiger partial charge is 0.480 e. The lowest BCUT2D eigenvalue weighted by Crippen LogP contribution is -2.51. The van der Waals surface area contributed by atoms with Gasteiger partial charge in [0.1, 0.15) is 12.6 Å². The number of hydrogen-bond donors (Lipinski definition) is 2. The zero-order chi connectivity index (χ0) is 23.5. The van der Waals surface area contributed by atoms with Gasteiger partial charge >= 0.3 is 12.1 Å². The molecule has 0 aromatic heterocycles. The van der Waals surface area contributed by atoms with Crippen molar-refractivity contribution < 1.29 is 24.2 Å². The van der Waals surface area contributed by atoms with Crippen LogP contribution in [0.2, 0.25) is 0 Å². The van der Waals surface area contributed by atoms with E-state index in [1.807, 2.05) is 24.3 Å². The number of likely N-dealkylation sites (N-methyl/N-ethyl adjacent to an activating group) is 1. The van der Waals surface area contributed by atoms with Crippen LogP contribution in [0.1, 0.15) is 49.7 Å². The highest BCUT2D eigenvalue weighted by atomic mass is 16.5. The standard InChI is InChI=1S/C26H30N2O5/c1-16(25(30)31)28(2)24(29)21-13-7-8-14-23(21)27-26(32)33-15-22-19-11-5-3-9-17(19)18-10-4-6-12-20(18)22/h3-6,9-12,16,21-23H,7-8,13-15H2,1-2H3,(H,27,32)(H,30,31)/t16-,21?,23?/m0/s1. The lowest BCUT2D eigenvalue weighted by Gasteiger charge is -2.34. The van der Waals surface area contributed by atoms with Crippen LogP contribution in [-0.4, -0.2) is 53.7 Å². The Morgan fingerprint density at radius 2 is 1.61 bits per heavy atom.